The molecule has 0 fully saturated rings. The number of nitrogens with zero attached hydrogens (tertiary/aromatic N) is 1. The molecule has 0 saturated carbocycles. The number of rotatable bonds is 5. The number of carbonyl (C=O) groups excluding carboxylic acids is 2. The van der Waals surface area contributed by atoms with E-state index in [1.165, 1.54) is 30.3 Å². The standard InChI is InChI=1S/C15H12ClFN4O4/c16-12-7-10(4-5-13(12)17)18-8-14(22)19-20-15(23)9-2-1-3-11(6-9)21(24)25/h1-7,18H,8H2,(H,19,22)(H,20,23). The summed E-state index contributed by atoms with van der Waals surface area (Å²) in [6.45, 7) is -0.211. The average Bonchev–Trinajstić information content (AvgIpc) is 2.60. The number of hydrogen-bond acceptors (Lipinski definition) is 5. The smallest absolute Gasteiger partial charge is 0.270 e. The van der Waals surface area contributed by atoms with E-state index >= 15 is 0 Å². The van der Waals surface area contributed by atoms with Crippen molar-refractivity contribution in [2.45, 2.75) is 0 Å². The van der Waals surface area contributed by atoms with Crippen LogP contribution in [-0.4, -0.2) is 23.3 Å². The predicted octanol–water partition coefficient (Wildman–Crippen LogP) is 2.26. The number of anilines is 1. The van der Waals surface area contributed by atoms with Crippen LogP contribution < -0.4 is 16.2 Å². The van der Waals surface area contributed by atoms with Crippen molar-refractivity contribution in [1.29, 1.82) is 0 Å². The van der Waals surface area contributed by atoms with Crippen molar-refractivity contribution in [3.63, 3.8) is 0 Å². The molecule has 0 unspecified atom stereocenters. The van der Waals surface area contributed by atoms with Gasteiger partial charge in [-0.1, -0.05) is 17.7 Å². The summed E-state index contributed by atoms with van der Waals surface area (Å²) < 4.78 is 13.0. The molecule has 0 atom stereocenters. The maximum Gasteiger partial charge on any atom is 0.270 e. The number of halogens is 2. The van der Waals surface area contributed by atoms with Crippen LogP contribution in [0.5, 0.6) is 0 Å². The van der Waals surface area contributed by atoms with Crippen LogP contribution in [0.25, 0.3) is 0 Å². The first-order chi connectivity index (χ1) is 11.9. The van der Waals surface area contributed by atoms with Crippen molar-refractivity contribution in [3.8, 4) is 0 Å². The minimum absolute atomic E-state index is 0.0211. The van der Waals surface area contributed by atoms with Crippen LogP contribution in [0, 0.1) is 15.9 Å². The molecule has 0 aliphatic heterocycles. The van der Waals surface area contributed by atoms with E-state index in [4.69, 9.17) is 11.6 Å². The number of hydrogen-bond donors (Lipinski definition) is 3. The highest BCUT2D eigenvalue weighted by atomic mass is 35.5. The van der Waals surface area contributed by atoms with E-state index in [1.54, 1.807) is 0 Å². The molecule has 0 aliphatic rings. The van der Waals surface area contributed by atoms with Crippen LogP contribution in [0.4, 0.5) is 15.8 Å². The van der Waals surface area contributed by atoms with Gasteiger partial charge in [-0.05, 0) is 24.3 Å². The van der Waals surface area contributed by atoms with Crippen LogP contribution in [0.1, 0.15) is 10.4 Å². The second-order valence-electron chi connectivity index (χ2n) is 4.79. The van der Waals surface area contributed by atoms with Crippen molar-refractivity contribution < 1.29 is 18.9 Å². The monoisotopic (exact) mass is 366 g/mol. The lowest BCUT2D eigenvalue weighted by atomic mass is 10.2. The highest BCUT2D eigenvalue weighted by molar-refractivity contribution is 6.31. The van der Waals surface area contributed by atoms with Gasteiger partial charge in [0, 0.05) is 23.4 Å². The molecule has 3 N–H and O–H groups in total. The fourth-order valence-corrected chi connectivity index (χ4v) is 1.97. The molecule has 0 bridgehead atoms. The lowest BCUT2D eigenvalue weighted by Crippen LogP contribution is -2.44. The highest BCUT2D eigenvalue weighted by Gasteiger charge is 2.12. The van der Waals surface area contributed by atoms with E-state index in [0.717, 1.165) is 12.1 Å². The summed E-state index contributed by atoms with van der Waals surface area (Å²) in [5.74, 6) is -1.87. The second-order valence-corrected chi connectivity index (χ2v) is 5.20. The van der Waals surface area contributed by atoms with Gasteiger partial charge < -0.3 is 5.32 Å². The van der Waals surface area contributed by atoms with Gasteiger partial charge in [-0.15, -0.1) is 0 Å². The van der Waals surface area contributed by atoms with Crippen molar-refractivity contribution in [3.05, 3.63) is 69.0 Å². The normalized spacial score (nSPS) is 10.0. The molecule has 130 valence electrons. The van der Waals surface area contributed by atoms with E-state index < -0.39 is 22.6 Å². The minimum atomic E-state index is -0.707. The van der Waals surface area contributed by atoms with Gasteiger partial charge in [-0.25, -0.2) is 4.39 Å². The number of nitro benzene ring substituents is 1. The van der Waals surface area contributed by atoms with E-state index in [0.29, 0.717) is 5.69 Å². The van der Waals surface area contributed by atoms with Gasteiger partial charge in [-0.2, -0.15) is 0 Å². The van der Waals surface area contributed by atoms with Gasteiger partial charge in [0.05, 0.1) is 16.5 Å². The third-order valence-electron chi connectivity index (χ3n) is 3.01. The molecule has 0 aromatic heterocycles. The highest BCUT2D eigenvalue weighted by Crippen LogP contribution is 2.19. The molecule has 0 radical (unpaired) electrons. The Morgan fingerprint density at radius 1 is 1.16 bits per heavy atom. The molecule has 0 heterocycles. The molecular weight excluding hydrogens is 355 g/mol. The number of nitro groups is 1. The average molecular weight is 367 g/mol. The Balaban J connectivity index is 1.85. The molecule has 2 rings (SSSR count). The number of hydrazine groups is 1. The third kappa shape index (κ3) is 5.15. The number of amides is 2. The third-order valence-corrected chi connectivity index (χ3v) is 3.30. The molecule has 25 heavy (non-hydrogen) atoms. The topological polar surface area (TPSA) is 113 Å². The molecule has 8 nitrogen and oxygen atoms in total. The summed E-state index contributed by atoms with van der Waals surface area (Å²) in [7, 11) is 0. The molecule has 0 aliphatic carbocycles. The predicted molar refractivity (Wildman–Crippen MR) is 88.6 cm³/mol. The van der Waals surface area contributed by atoms with Gasteiger partial charge in [-0.3, -0.25) is 30.6 Å². The second kappa shape index (κ2) is 8.06. The largest absolute Gasteiger partial charge is 0.376 e. The molecule has 2 aromatic carbocycles. The lowest BCUT2D eigenvalue weighted by Gasteiger charge is -2.09. The number of non-ortho nitro benzene ring substituents is 1. The fourth-order valence-electron chi connectivity index (χ4n) is 1.79. The van der Waals surface area contributed by atoms with E-state index in [1.807, 2.05) is 0 Å². The van der Waals surface area contributed by atoms with Crippen LogP contribution in [0.3, 0.4) is 0 Å². The molecule has 2 amide bonds. The van der Waals surface area contributed by atoms with Crippen molar-refractivity contribution in [2.75, 3.05) is 11.9 Å². The Kier molecular flexibility index (Phi) is 5.85. The summed E-state index contributed by atoms with van der Waals surface area (Å²) in [5.41, 5.74) is 4.48. The first-order valence-corrected chi connectivity index (χ1v) is 7.27. The van der Waals surface area contributed by atoms with E-state index in [-0.39, 0.29) is 22.8 Å². The van der Waals surface area contributed by atoms with Gasteiger partial charge in [0.2, 0.25) is 0 Å². The Morgan fingerprint density at radius 3 is 2.60 bits per heavy atom. The summed E-state index contributed by atoms with van der Waals surface area (Å²) >= 11 is 5.61. The first-order valence-electron chi connectivity index (χ1n) is 6.89. The molecule has 0 spiro atoms. The van der Waals surface area contributed by atoms with Gasteiger partial charge in [0.25, 0.3) is 17.5 Å². The summed E-state index contributed by atoms with van der Waals surface area (Å²) in [5, 5.41) is 13.3. The van der Waals surface area contributed by atoms with Crippen LogP contribution >= 0.6 is 11.6 Å². The lowest BCUT2D eigenvalue weighted by molar-refractivity contribution is -0.384. The Hall–Kier alpha value is -3.20. The number of carbonyl (C=O) groups is 2. The maximum atomic E-state index is 13.0. The van der Waals surface area contributed by atoms with E-state index in [9.17, 15) is 24.1 Å². The van der Waals surface area contributed by atoms with Crippen LogP contribution in [0.15, 0.2) is 42.5 Å². The molecular formula is C15H12ClFN4O4. The Morgan fingerprint density at radius 2 is 1.92 bits per heavy atom. The minimum Gasteiger partial charge on any atom is -0.376 e. The van der Waals surface area contributed by atoms with Crippen molar-refractivity contribution in [1.82, 2.24) is 10.9 Å². The number of nitrogens with one attached hydrogen (secondary N) is 3. The number of benzene rings is 2. The molecule has 2 aromatic rings. The van der Waals surface area contributed by atoms with E-state index in [2.05, 4.69) is 16.2 Å². The SMILES string of the molecule is O=C(CNc1ccc(F)c(Cl)c1)NNC(=O)c1cccc([N+](=O)[O-])c1. The van der Waals surface area contributed by atoms with Crippen LogP contribution in [-0.2, 0) is 4.79 Å². The van der Waals surface area contributed by atoms with Crippen molar-refractivity contribution in [2.24, 2.45) is 0 Å². The quantitative estimate of drug-likeness (QED) is 0.555. The zero-order valence-corrected chi connectivity index (χ0v) is 13.3. The summed E-state index contributed by atoms with van der Waals surface area (Å²) in [6, 6.07) is 8.91. The van der Waals surface area contributed by atoms with Crippen LogP contribution in [0.2, 0.25) is 5.02 Å². The zero-order chi connectivity index (χ0) is 18.4. The Bertz CT molecular complexity index is 831. The van der Waals surface area contributed by atoms with Gasteiger partial charge >= 0.3 is 0 Å². The maximum absolute atomic E-state index is 13.0. The summed E-state index contributed by atoms with van der Waals surface area (Å²) in [4.78, 5) is 33.6. The first kappa shape index (κ1) is 18.1. The van der Waals surface area contributed by atoms with Gasteiger partial charge in [0.15, 0.2) is 0 Å². The summed E-state index contributed by atoms with van der Waals surface area (Å²) in [6.07, 6.45) is 0. The Labute approximate surface area is 146 Å². The van der Waals surface area contributed by atoms with Crippen molar-refractivity contribution >= 4 is 34.8 Å². The molecule has 0 saturated heterocycles. The fraction of sp³-hybridized carbons (Fsp3) is 0.0667. The van der Waals surface area contributed by atoms with Gasteiger partial charge in [0.1, 0.15) is 5.82 Å². The molecule has 10 heteroatoms. The zero-order valence-electron chi connectivity index (χ0n) is 12.6.